The zero-order valence-corrected chi connectivity index (χ0v) is 10.4. The fourth-order valence-corrected chi connectivity index (χ4v) is 2.85. The van der Waals surface area contributed by atoms with Crippen LogP contribution in [0.5, 0.6) is 0 Å². The van der Waals surface area contributed by atoms with Crippen molar-refractivity contribution < 1.29 is 0 Å². The van der Waals surface area contributed by atoms with Crippen LogP contribution in [0.25, 0.3) is 0 Å². The van der Waals surface area contributed by atoms with Crippen molar-refractivity contribution in [3.05, 3.63) is 34.9 Å². The summed E-state index contributed by atoms with van der Waals surface area (Å²) in [5, 5.41) is 0. The van der Waals surface area contributed by atoms with Gasteiger partial charge in [0.2, 0.25) is 0 Å². The summed E-state index contributed by atoms with van der Waals surface area (Å²) in [6.07, 6.45) is 1.11. The molecule has 0 unspecified atom stereocenters. The molecule has 0 aliphatic carbocycles. The minimum atomic E-state index is 0.778. The Hall–Kier alpha value is -0.140. The third-order valence-corrected chi connectivity index (χ3v) is 3.65. The van der Waals surface area contributed by atoms with Gasteiger partial charge in [-0.15, -0.1) is 11.6 Å². The molecule has 0 aliphatic rings. The molecule has 78 valence electrons. The van der Waals surface area contributed by atoms with Gasteiger partial charge < -0.3 is 0 Å². The summed E-state index contributed by atoms with van der Waals surface area (Å²) in [4.78, 5) is 0. The zero-order valence-electron chi connectivity index (χ0n) is 8.85. The van der Waals surface area contributed by atoms with Gasteiger partial charge in [-0.05, 0) is 42.7 Å². The van der Waals surface area contributed by atoms with E-state index in [9.17, 15) is 0 Å². The van der Waals surface area contributed by atoms with Crippen molar-refractivity contribution >= 4 is 23.4 Å². The molecule has 1 aromatic rings. The zero-order chi connectivity index (χ0) is 10.4. The van der Waals surface area contributed by atoms with Gasteiger partial charge in [0.1, 0.15) is 0 Å². The summed E-state index contributed by atoms with van der Waals surface area (Å²) in [6, 6.07) is 6.49. The first-order valence-electron chi connectivity index (χ1n) is 4.94. The third-order valence-electron chi connectivity index (χ3n) is 2.31. The maximum absolute atomic E-state index is 5.63. The van der Waals surface area contributed by atoms with E-state index in [4.69, 9.17) is 11.6 Å². The monoisotopic (exact) mass is 228 g/mol. The van der Waals surface area contributed by atoms with Crippen LogP contribution in [0, 0.1) is 13.8 Å². The molecule has 0 fully saturated rings. The Labute approximate surface area is 96.0 Å². The normalized spacial score (nSPS) is 10.5. The smallest absolute Gasteiger partial charge is 0.0231 e. The number of hydrogen-bond donors (Lipinski definition) is 0. The Morgan fingerprint density at radius 1 is 1.21 bits per heavy atom. The number of rotatable bonds is 5. The van der Waals surface area contributed by atoms with E-state index < -0.39 is 0 Å². The van der Waals surface area contributed by atoms with Gasteiger partial charge in [-0.25, -0.2) is 0 Å². The molecule has 0 bridgehead atoms. The molecule has 1 rings (SSSR count). The van der Waals surface area contributed by atoms with Gasteiger partial charge >= 0.3 is 0 Å². The summed E-state index contributed by atoms with van der Waals surface area (Å²) >= 11 is 7.61. The summed E-state index contributed by atoms with van der Waals surface area (Å²) < 4.78 is 0. The Morgan fingerprint density at radius 2 is 1.86 bits per heavy atom. The van der Waals surface area contributed by atoms with E-state index in [1.807, 2.05) is 11.8 Å². The number of thioether (sulfide) groups is 1. The fourth-order valence-electron chi connectivity index (χ4n) is 1.41. The number of halogens is 1. The Bertz CT molecular complexity index is 263. The highest BCUT2D eigenvalue weighted by Gasteiger charge is 2.01. The maximum Gasteiger partial charge on any atom is 0.0231 e. The van der Waals surface area contributed by atoms with Crippen molar-refractivity contribution in [1.29, 1.82) is 0 Å². The molecule has 0 amide bonds. The van der Waals surface area contributed by atoms with Crippen molar-refractivity contribution in [3.8, 4) is 0 Å². The van der Waals surface area contributed by atoms with Gasteiger partial charge in [0, 0.05) is 11.6 Å². The molecule has 0 saturated carbocycles. The summed E-state index contributed by atoms with van der Waals surface area (Å²) in [7, 11) is 0. The first kappa shape index (κ1) is 11.9. The van der Waals surface area contributed by atoms with Crippen molar-refractivity contribution in [1.82, 2.24) is 0 Å². The van der Waals surface area contributed by atoms with Crippen LogP contribution in [0.15, 0.2) is 18.2 Å². The van der Waals surface area contributed by atoms with Crippen LogP contribution in [0.4, 0.5) is 0 Å². The lowest BCUT2D eigenvalue weighted by Gasteiger charge is -2.08. The van der Waals surface area contributed by atoms with Gasteiger partial charge in [0.15, 0.2) is 0 Å². The van der Waals surface area contributed by atoms with Crippen molar-refractivity contribution in [2.24, 2.45) is 0 Å². The lowest BCUT2D eigenvalue weighted by atomic mass is 10.1. The lowest BCUT2D eigenvalue weighted by Crippen LogP contribution is -1.92. The van der Waals surface area contributed by atoms with E-state index in [2.05, 4.69) is 32.0 Å². The second-order valence-corrected chi connectivity index (χ2v) is 4.95. The average molecular weight is 229 g/mol. The van der Waals surface area contributed by atoms with E-state index in [1.54, 1.807) is 0 Å². The second kappa shape index (κ2) is 6.36. The van der Waals surface area contributed by atoms with E-state index in [0.29, 0.717) is 0 Å². The summed E-state index contributed by atoms with van der Waals surface area (Å²) in [5.74, 6) is 3.06. The largest absolute Gasteiger partial charge is 0.157 e. The van der Waals surface area contributed by atoms with Crippen molar-refractivity contribution in [3.63, 3.8) is 0 Å². The fraction of sp³-hybridized carbons (Fsp3) is 0.500. The maximum atomic E-state index is 5.63. The van der Waals surface area contributed by atoms with Crippen LogP contribution in [0.3, 0.4) is 0 Å². The molecular weight excluding hydrogens is 212 g/mol. The van der Waals surface area contributed by atoms with E-state index >= 15 is 0 Å². The number of hydrogen-bond acceptors (Lipinski definition) is 1. The lowest BCUT2D eigenvalue weighted by molar-refractivity contribution is 1.11. The quantitative estimate of drug-likeness (QED) is 0.539. The number of benzene rings is 1. The molecule has 0 heterocycles. The highest BCUT2D eigenvalue weighted by atomic mass is 35.5. The molecule has 0 atom stereocenters. The van der Waals surface area contributed by atoms with Crippen LogP contribution in [0.2, 0.25) is 0 Å². The predicted octanol–water partition coefficient (Wildman–Crippen LogP) is 4.17. The van der Waals surface area contributed by atoms with E-state index in [1.165, 1.54) is 16.7 Å². The molecule has 0 nitrogen and oxygen atoms in total. The second-order valence-electron chi connectivity index (χ2n) is 3.47. The van der Waals surface area contributed by atoms with Gasteiger partial charge in [-0.1, -0.05) is 18.2 Å². The molecule has 0 aliphatic heterocycles. The SMILES string of the molecule is Cc1cccc(C)c1CSCCCCl. The molecule has 0 aromatic heterocycles. The summed E-state index contributed by atoms with van der Waals surface area (Å²) in [6.45, 7) is 4.37. The highest BCUT2D eigenvalue weighted by molar-refractivity contribution is 7.98. The van der Waals surface area contributed by atoms with Crippen LogP contribution in [-0.4, -0.2) is 11.6 Å². The number of alkyl halides is 1. The Kier molecular flexibility index (Phi) is 5.42. The molecular formula is C12H17ClS. The molecule has 0 saturated heterocycles. The third kappa shape index (κ3) is 3.55. The van der Waals surface area contributed by atoms with Gasteiger partial charge in [-0.3, -0.25) is 0 Å². The topological polar surface area (TPSA) is 0 Å². The molecule has 0 N–H and O–H groups in total. The number of aryl methyl sites for hydroxylation is 2. The van der Waals surface area contributed by atoms with Crippen LogP contribution in [0.1, 0.15) is 23.1 Å². The van der Waals surface area contributed by atoms with Gasteiger partial charge in [0.25, 0.3) is 0 Å². The first-order chi connectivity index (χ1) is 6.75. The van der Waals surface area contributed by atoms with Crippen molar-refractivity contribution in [2.45, 2.75) is 26.0 Å². The predicted molar refractivity (Wildman–Crippen MR) is 67.4 cm³/mol. The van der Waals surface area contributed by atoms with Crippen molar-refractivity contribution in [2.75, 3.05) is 11.6 Å². The van der Waals surface area contributed by atoms with Gasteiger partial charge in [-0.2, -0.15) is 11.8 Å². The van der Waals surface area contributed by atoms with Gasteiger partial charge in [0.05, 0.1) is 0 Å². The van der Waals surface area contributed by atoms with Crippen LogP contribution in [-0.2, 0) is 5.75 Å². The first-order valence-corrected chi connectivity index (χ1v) is 6.63. The molecule has 0 radical (unpaired) electrons. The molecule has 0 spiro atoms. The van der Waals surface area contributed by atoms with Crippen LogP contribution < -0.4 is 0 Å². The van der Waals surface area contributed by atoms with Crippen LogP contribution >= 0.6 is 23.4 Å². The minimum absolute atomic E-state index is 0.778. The Balaban J connectivity index is 2.49. The van der Waals surface area contributed by atoms with E-state index in [-0.39, 0.29) is 0 Å². The Morgan fingerprint density at radius 3 is 2.43 bits per heavy atom. The molecule has 2 heteroatoms. The highest BCUT2D eigenvalue weighted by Crippen LogP contribution is 2.20. The van der Waals surface area contributed by atoms with E-state index in [0.717, 1.165) is 23.8 Å². The molecule has 1 aromatic carbocycles. The summed E-state index contributed by atoms with van der Waals surface area (Å²) in [5.41, 5.74) is 4.30. The molecule has 14 heavy (non-hydrogen) atoms. The average Bonchev–Trinajstić information content (AvgIpc) is 2.16. The minimum Gasteiger partial charge on any atom is -0.157 e. The standard InChI is InChI=1S/C12H17ClS/c1-10-5-3-6-11(2)12(10)9-14-8-4-7-13/h3,5-6H,4,7-9H2,1-2H3.